The predicted octanol–water partition coefficient (Wildman–Crippen LogP) is 9.09. The van der Waals surface area contributed by atoms with Crippen molar-refractivity contribution in [3.63, 3.8) is 0 Å². The Bertz CT molecular complexity index is 1170. The highest BCUT2D eigenvalue weighted by atomic mass is 32.1. The molecule has 0 atom stereocenters. The van der Waals surface area contributed by atoms with Gasteiger partial charge in [0.25, 0.3) is 0 Å². The summed E-state index contributed by atoms with van der Waals surface area (Å²) in [6, 6.07) is 35.1. The van der Waals surface area contributed by atoms with Crippen molar-refractivity contribution in [2.24, 2.45) is 0 Å². The molecule has 0 bridgehead atoms. The molecule has 2 heteroatoms. The maximum Gasteiger partial charge on any atom is 0.0423 e. The number of hydrogen-bond donors (Lipinski definition) is 0. The van der Waals surface area contributed by atoms with Gasteiger partial charge in [-0.05, 0) is 48.2 Å². The second-order valence-corrected chi connectivity index (χ2v) is 10.0. The Labute approximate surface area is 186 Å². The monoisotopic (exact) mass is 422 g/mol. The van der Waals surface area contributed by atoms with Crippen LogP contribution in [0.3, 0.4) is 0 Å². The molecule has 0 spiro atoms. The van der Waals surface area contributed by atoms with Gasteiger partial charge < -0.3 is 0 Å². The van der Waals surface area contributed by atoms with Crippen LogP contribution in [-0.4, -0.2) is 0 Å². The Kier molecular flexibility index (Phi) is 5.12. The Morgan fingerprint density at radius 2 is 0.800 bits per heavy atom. The smallest absolute Gasteiger partial charge is 0.0423 e. The molecule has 0 fully saturated rings. The van der Waals surface area contributed by atoms with E-state index in [2.05, 4.69) is 111 Å². The SMILES string of the molecule is Cc1cc(-c2ccccc2)c(-c2ccc(-c3sc(C)cc3-c3ccccc3)cc2)s1. The summed E-state index contributed by atoms with van der Waals surface area (Å²) in [5.74, 6) is 0. The van der Waals surface area contributed by atoms with Crippen molar-refractivity contribution < 1.29 is 0 Å². The molecule has 3 aromatic carbocycles. The van der Waals surface area contributed by atoms with E-state index >= 15 is 0 Å². The molecule has 5 aromatic rings. The summed E-state index contributed by atoms with van der Waals surface area (Å²) in [5.41, 5.74) is 7.77. The van der Waals surface area contributed by atoms with Crippen LogP contribution in [-0.2, 0) is 0 Å². The minimum atomic E-state index is 1.28. The molecule has 146 valence electrons. The lowest BCUT2D eigenvalue weighted by Gasteiger charge is -2.08. The zero-order valence-corrected chi connectivity index (χ0v) is 18.7. The average Bonchev–Trinajstić information content (AvgIpc) is 3.38. The van der Waals surface area contributed by atoms with Crippen LogP contribution in [0.5, 0.6) is 0 Å². The van der Waals surface area contributed by atoms with Gasteiger partial charge in [-0.3, -0.25) is 0 Å². The van der Waals surface area contributed by atoms with Crippen LogP contribution in [0.25, 0.3) is 43.1 Å². The first kappa shape index (κ1) is 19.0. The van der Waals surface area contributed by atoms with Gasteiger partial charge in [0.1, 0.15) is 0 Å². The summed E-state index contributed by atoms with van der Waals surface area (Å²) in [6.45, 7) is 4.38. The van der Waals surface area contributed by atoms with Crippen molar-refractivity contribution in [1.29, 1.82) is 0 Å². The Morgan fingerprint density at radius 3 is 1.17 bits per heavy atom. The first-order chi connectivity index (χ1) is 14.7. The van der Waals surface area contributed by atoms with Crippen molar-refractivity contribution in [2.45, 2.75) is 13.8 Å². The molecule has 0 radical (unpaired) electrons. The summed E-state index contributed by atoms with van der Waals surface area (Å²) >= 11 is 3.74. The van der Waals surface area contributed by atoms with E-state index in [0.29, 0.717) is 0 Å². The molecule has 0 saturated carbocycles. The van der Waals surface area contributed by atoms with Crippen LogP contribution in [0.4, 0.5) is 0 Å². The van der Waals surface area contributed by atoms with Gasteiger partial charge in [0, 0.05) is 30.6 Å². The Morgan fingerprint density at radius 1 is 0.433 bits per heavy atom. The average molecular weight is 423 g/mol. The van der Waals surface area contributed by atoms with Crippen LogP contribution < -0.4 is 0 Å². The maximum absolute atomic E-state index is 2.30. The van der Waals surface area contributed by atoms with Gasteiger partial charge in [0.2, 0.25) is 0 Å². The van der Waals surface area contributed by atoms with E-state index in [1.807, 2.05) is 22.7 Å². The molecule has 5 rings (SSSR count). The highest BCUT2D eigenvalue weighted by Crippen LogP contribution is 2.42. The summed E-state index contributed by atoms with van der Waals surface area (Å²) in [4.78, 5) is 5.37. The van der Waals surface area contributed by atoms with Crippen molar-refractivity contribution in [3.05, 3.63) is 107 Å². The van der Waals surface area contributed by atoms with Gasteiger partial charge in [-0.25, -0.2) is 0 Å². The summed E-state index contributed by atoms with van der Waals surface area (Å²) in [6.07, 6.45) is 0. The van der Waals surface area contributed by atoms with Gasteiger partial charge in [-0.2, -0.15) is 0 Å². The molecule has 0 N–H and O–H groups in total. The molecule has 30 heavy (non-hydrogen) atoms. The van der Waals surface area contributed by atoms with Crippen LogP contribution in [0.2, 0.25) is 0 Å². The first-order valence-corrected chi connectivity index (χ1v) is 11.7. The molecule has 0 aliphatic carbocycles. The molecule has 2 aromatic heterocycles. The van der Waals surface area contributed by atoms with E-state index in [1.165, 1.54) is 52.9 Å². The highest BCUT2D eigenvalue weighted by molar-refractivity contribution is 7.16. The van der Waals surface area contributed by atoms with Crippen molar-refractivity contribution >= 4 is 22.7 Å². The molecule has 0 amide bonds. The third-order valence-corrected chi connectivity index (χ3v) is 7.49. The number of thiophene rings is 2. The Hall–Kier alpha value is -2.94. The topological polar surface area (TPSA) is 0 Å². The van der Waals surface area contributed by atoms with Crippen molar-refractivity contribution in [2.75, 3.05) is 0 Å². The number of aryl methyl sites for hydroxylation is 2. The van der Waals surface area contributed by atoms with Gasteiger partial charge >= 0.3 is 0 Å². The molecular formula is C28H22S2. The van der Waals surface area contributed by atoms with Crippen LogP contribution in [0, 0.1) is 13.8 Å². The van der Waals surface area contributed by atoms with Gasteiger partial charge in [-0.1, -0.05) is 84.9 Å². The van der Waals surface area contributed by atoms with E-state index in [-0.39, 0.29) is 0 Å². The molecule has 0 aliphatic rings. The second kappa shape index (κ2) is 8.06. The largest absolute Gasteiger partial charge is 0.140 e. The summed E-state index contributed by atoms with van der Waals surface area (Å²) in [5, 5.41) is 0. The quantitative estimate of drug-likeness (QED) is 0.271. The van der Waals surface area contributed by atoms with E-state index < -0.39 is 0 Å². The number of benzene rings is 3. The lowest BCUT2D eigenvalue weighted by atomic mass is 9.99. The number of hydrogen-bond acceptors (Lipinski definition) is 2. The van der Waals surface area contributed by atoms with Gasteiger partial charge in [0.15, 0.2) is 0 Å². The Balaban J connectivity index is 1.55. The van der Waals surface area contributed by atoms with Crippen molar-refractivity contribution in [1.82, 2.24) is 0 Å². The van der Waals surface area contributed by atoms with Crippen LogP contribution in [0.15, 0.2) is 97.1 Å². The summed E-state index contributed by atoms with van der Waals surface area (Å²) in [7, 11) is 0. The molecule has 2 heterocycles. The molecule has 0 nitrogen and oxygen atoms in total. The van der Waals surface area contributed by atoms with E-state index in [4.69, 9.17) is 0 Å². The number of rotatable bonds is 4. The van der Waals surface area contributed by atoms with E-state index in [1.54, 1.807) is 0 Å². The fourth-order valence-corrected chi connectivity index (χ4v) is 5.97. The first-order valence-electron chi connectivity index (χ1n) is 10.1. The molecule has 0 saturated heterocycles. The standard InChI is InChI=1S/C28H22S2/c1-19-17-25(21-9-5-3-6-10-21)27(29-19)23-13-15-24(16-14-23)28-26(18-20(2)30-28)22-11-7-4-8-12-22/h3-18H,1-2H3. The predicted molar refractivity (Wildman–Crippen MR) is 133 cm³/mol. The molecular weight excluding hydrogens is 400 g/mol. The molecule has 0 unspecified atom stereocenters. The highest BCUT2D eigenvalue weighted by Gasteiger charge is 2.14. The minimum absolute atomic E-state index is 1.28. The van der Waals surface area contributed by atoms with Gasteiger partial charge in [-0.15, -0.1) is 22.7 Å². The lowest BCUT2D eigenvalue weighted by molar-refractivity contribution is 1.60. The third-order valence-electron chi connectivity index (χ3n) is 5.29. The normalized spacial score (nSPS) is 11.0. The fourth-order valence-electron chi connectivity index (χ4n) is 3.89. The van der Waals surface area contributed by atoms with Crippen molar-refractivity contribution in [3.8, 4) is 43.1 Å². The fraction of sp³-hybridized carbons (Fsp3) is 0.0714. The van der Waals surface area contributed by atoms with Gasteiger partial charge in [0.05, 0.1) is 0 Å². The minimum Gasteiger partial charge on any atom is -0.140 e. The zero-order valence-electron chi connectivity index (χ0n) is 17.1. The maximum atomic E-state index is 2.30. The zero-order chi connectivity index (χ0) is 20.5. The third kappa shape index (κ3) is 3.65. The summed E-state index contributed by atoms with van der Waals surface area (Å²) < 4.78 is 0. The second-order valence-electron chi connectivity index (χ2n) is 7.51. The van der Waals surface area contributed by atoms with Crippen LogP contribution >= 0.6 is 22.7 Å². The molecule has 0 aliphatic heterocycles. The van der Waals surface area contributed by atoms with Crippen LogP contribution in [0.1, 0.15) is 9.75 Å². The lowest BCUT2D eigenvalue weighted by Crippen LogP contribution is -1.81. The van der Waals surface area contributed by atoms with E-state index in [0.717, 1.165) is 0 Å². The van der Waals surface area contributed by atoms with E-state index in [9.17, 15) is 0 Å².